The molecule has 0 aliphatic carbocycles. The number of carbonyl (C=O) groups is 2. The van der Waals surface area contributed by atoms with Crippen molar-refractivity contribution in [1.82, 2.24) is 4.90 Å². The molecular formula is C14H25NO2. The highest BCUT2D eigenvalue weighted by Gasteiger charge is 2.44. The molecule has 1 aliphatic rings. The Morgan fingerprint density at radius 2 is 1.94 bits per heavy atom. The van der Waals surface area contributed by atoms with Gasteiger partial charge in [-0.15, -0.1) is 0 Å². The minimum absolute atomic E-state index is 0.0389. The number of likely N-dealkylation sites (tertiary alicyclic amines) is 1. The van der Waals surface area contributed by atoms with E-state index in [9.17, 15) is 9.59 Å². The lowest BCUT2D eigenvalue weighted by atomic mass is 9.78. The van der Waals surface area contributed by atoms with Gasteiger partial charge in [0.1, 0.15) is 0 Å². The van der Waals surface area contributed by atoms with Crippen molar-refractivity contribution in [3.8, 4) is 0 Å². The third-order valence-corrected chi connectivity index (χ3v) is 4.19. The molecule has 98 valence electrons. The monoisotopic (exact) mass is 239 g/mol. The number of carbonyl (C=O) groups excluding carboxylic acids is 2. The molecule has 1 rings (SSSR count). The van der Waals surface area contributed by atoms with E-state index in [1.165, 1.54) is 12.8 Å². The topological polar surface area (TPSA) is 37.4 Å². The van der Waals surface area contributed by atoms with Gasteiger partial charge in [0.25, 0.3) is 0 Å². The SMILES string of the molecule is CCCCC1(CC)CC(C(C)=O)N(C(C)=O)C1. The lowest BCUT2D eigenvalue weighted by molar-refractivity contribution is -0.135. The van der Waals surface area contributed by atoms with Crippen molar-refractivity contribution >= 4 is 11.7 Å². The minimum Gasteiger partial charge on any atom is -0.332 e. The second-order valence-corrected chi connectivity index (χ2v) is 5.43. The van der Waals surface area contributed by atoms with E-state index in [0.29, 0.717) is 0 Å². The number of hydrogen-bond acceptors (Lipinski definition) is 2. The van der Waals surface area contributed by atoms with Crippen LogP contribution in [0.25, 0.3) is 0 Å². The fourth-order valence-electron chi connectivity index (χ4n) is 2.92. The maximum Gasteiger partial charge on any atom is 0.220 e. The molecule has 1 fully saturated rings. The standard InChI is InChI=1S/C14H25NO2/c1-5-7-8-14(6-2)9-13(11(3)16)15(10-14)12(4)17/h13H,5-10H2,1-4H3. The minimum atomic E-state index is -0.177. The molecule has 0 aromatic rings. The second kappa shape index (κ2) is 5.65. The molecule has 1 heterocycles. The number of ketones is 1. The smallest absolute Gasteiger partial charge is 0.220 e. The van der Waals surface area contributed by atoms with Crippen molar-refractivity contribution in [1.29, 1.82) is 0 Å². The zero-order valence-electron chi connectivity index (χ0n) is 11.6. The van der Waals surface area contributed by atoms with Crippen molar-refractivity contribution in [3.63, 3.8) is 0 Å². The van der Waals surface area contributed by atoms with Crippen LogP contribution in [0.2, 0.25) is 0 Å². The van der Waals surface area contributed by atoms with Gasteiger partial charge in [-0.2, -0.15) is 0 Å². The Hall–Kier alpha value is -0.860. The van der Waals surface area contributed by atoms with Crippen LogP contribution in [0.5, 0.6) is 0 Å². The third-order valence-electron chi connectivity index (χ3n) is 4.19. The molecule has 3 nitrogen and oxygen atoms in total. The molecular weight excluding hydrogens is 214 g/mol. The van der Waals surface area contributed by atoms with Gasteiger partial charge in [0.05, 0.1) is 6.04 Å². The van der Waals surface area contributed by atoms with Crippen molar-refractivity contribution in [2.24, 2.45) is 5.41 Å². The largest absolute Gasteiger partial charge is 0.332 e. The Morgan fingerprint density at radius 1 is 1.29 bits per heavy atom. The molecule has 1 amide bonds. The first-order valence-corrected chi connectivity index (χ1v) is 6.73. The van der Waals surface area contributed by atoms with Crippen LogP contribution in [0.4, 0.5) is 0 Å². The molecule has 2 unspecified atom stereocenters. The first-order chi connectivity index (χ1) is 7.95. The van der Waals surface area contributed by atoms with E-state index in [1.807, 2.05) is 0 Å². The Morgan fingerprint density at radius 3 is 2.29 bits per heavy atom. The Bertz CT molecular complexity index is 277. The molecule has 0 saturated carbocycles. The quantitative estimate of drug-likeness (QED) is 0.740. The zero-order valence-corrected chi connectivity index (χ0v) is 11.6. The number of hydrogen-bond donors (Lipinski definition) is 0. The Balaban J connectivity index is 2.84. The van der Waals surface area contributed by atoms with Crippen LogP contribution < -0.4 is 0 Å². The summed E-state index contributed by atoms with van der Waals surface area (Å²) in [6, 6.07) is -0.177. The van der Waals surface area contributed by atoms with Gasteiger partial charge in [-0.3, -0.25) is 9.59 Å². The van der Waals surface area contributed by atoms with Gasteiger partial charge in [0.15, 0.2) is 5.78 Å². The van der Waals surface area contributed by atoms with Crippen molar-refractivity contribution in [2.45, 2.75) is 65.8 Å². The van der Waals surface area contributed by atoms with Crippen LogP contribution in [0.1, 0.15) is 59.8 Å². The summed E-state index contributed by atoms with van der Waals surface area (Å²) in [5.41, 5.74) is 0.179. The third kappa shape index (κ3) is 3.08. The molecule has 2 atom stereocenters. The molecule has 0 aromatic carbocycles. The average molecular weight is 239 g/mol. The van der Waals surface area contributed by atoms with E-state index >= 15 is 0 Å². The van der Waals surface area contributed by atoms with Crippen LogP contribution in [0.3, 0.4) is 0 Å². The van der Waals surface area contributed by atoms with E-state index in [4.69, 9.17) is 0 Å². The summed E-state index contributed by atoms with van der Waals surface area (Å²) in [4.78, 5) is 25.0. The lowest BCUT2D eigenvalue weighted by Gasteiger charge is -2.27. The fraction of sp³-hybridized carbons (Fsp3) is 0.857. The van der Waals surface area contributed by atoms with E-state index in [2.05, 4.69) is 13.8 Å². The van der Waals surface area contributed by atoms with Gasteiger partial charge >= 0.3 is 0 Å². The molecule has 0 N–H and O–H groups in total. The molecule has 0 radical (unpaired) electrons. The highest BCUT2D eigenvalue weighted by Crippen LogP contribution is 2.42. The molecule has 3 heteroatoms. The van der Waals surface area contributed by atoms with Gasteiger partial charge in [-0.1, -0.05) is 26.7 Å². The maximum absolute atomic E-state index is 11.6. The van der Waals surface area contributed by atoms with Gasteiger partial charge < -0.3 is 4.90 Å². The first-order valence-electron chi connectivity index (χ1n) is 6.73. The first kappa shape index (κ1) is 14.2. The van der Waals surface area contributed by atoms with Crippen LogP contribution in [0.15, 0.2) is 0 Å². The summed E-state index contributed by atoms with van der Waals surface area (Å²) in [6.45, 7) is 8.30. The van der Waals surface area contributed by atoms with E-state index in [0.717, 1.165) is 25.8 Å². The number of rotatable bonds is 5. The Labute approximate surface area is 105 Å². The summed E-state index contributed by atoms with van der Waals surface area (Å²) in [7, 11) is 0. The predicted molar refractivity (Wildman–Crippen MR) is 68.7 cm³/mol. The van der Waals surface area contributed by atoms with Gasteiger partial charge in [0, 0.05) is 13.5 Å². The molecule has 17 heavy (non-hydrogen) atoms. The summed E-state index contributed by atoms with van der Waals surface area (Å²) in [5.74, 6) is 0.170. The normalized spacial score (nSPS) is 28.5. The summed E-state index contributed by atoms with van der Waals surface area (Å²) < 4.78 is 0. The van der Waals surface area contributed by atoms with Crippen molar-refractivity contribution in [2.75, 3.05) is 6.54 Å². The van der Waals surface area contributed by atoms with E-state index in [1.54, 1.807) is 18.7 Å². The van der Waals surface area contributed by atoms with Crippen LogP contribution >= 0.6 is 0 Å². The van der Waals surface area contributed by atoms with Crippen molar-refractivity contribution in [3.05, 3.63) is 0 Å². The molecule has 1 aliphatic heterocycles. The van der Waals surface area contributed by atoms with Gasteiger partial charge in [-0.25, -0.2) is 0 Å². The van der Waals surface area contributed by atoms with E-state index in [-0.39, 0.29) is 23.1 Å². The summed E-state index contributed by atoms with van der Waals surface area (Å²) in [5, 5.41) is 0. The van der Waals surface area contributed by atoms with Gasteiger partial charge in [-0.05, 0) is 31.6 Å². The predicted octanol–water partition coefficient (Wildman–Crippen LogP) is 2.78. The fourth-order valence-corrected chi connectivity index (χ4v) is 2.92. The van der Waals surface area contributed by atoms with Crippen LogP contribution in [0, 0.1) is 5.41 Å². The average Bonchev–Trinajstić information content (AvgIpc) is 2.67. The summed E-state index contributed by atoms with van der Waals surface area (Å²) >= 11 is 0. The molecule has 1 saturated heterocycles. The maximum atomic E-state index is 11.6. The van der Waals surface area contributed by atoms with Crippen molar-refractivity contribution < 1.29 is 9.59 Å². The van der Waals surface area contributed by atoms with Crippen LogP contribution in [-0.4, -0.2) is 29.2 Å². The number of nitrogens with zero attached hydrogens (tertiary/aromatic N) is 1. The van der Waals surface area contributed by atoms with Gasteiger partial charge in [0.2, 0.25) is 5.91 Å². The molecule has 0 aromatic heterocycles. The number of unbranched alkanes of at least 4 members (excludes halogenated alkanes) is 1. The zero-order chi connectivity index (χ0) is 13.1. The highest BCUT2D eigenvalue weighted by molar-refractivity contribution is 5.87. The van der Waals surface area contributed by atoms with E-state index < -0.39 is 0 Å². The second-order valence-electron chi connectivity index (χ2n) is 5.43. The lowest BCUT2D eigenvalue weighted by Crippen LogP contribution is -2.38. The number of Topliss-reactive ketones (excluding diaryl/α,β-unsaturated/α-hetero) is 1. The number of amides is 1. The molecule has 0 bridgehead atoms. The molecule has 0 spiro atoms. The Kier molecular flexibility index (Phi) is 4.72. The highest BCUT2D eigenvalue weighted by atomic mass is 16.2. The van der Waals surface area contributed by atoms with Crippen LogP contribution in [-0.2, 0) is 9.59 Å². The summed E-state index contributed by atoms with van der Waals surface area (Å²) in [6.07, 6.45) is 5.41.